The molecule has 0 aliphatic heterocycles. The molecule has 0 atom stereocenters. The van der Waals surface area contributed by atoms with Crippen molar-refractivity contribution >= 4 is 27.7 Å². The number of carbonyl (C=O) groups excluding carboxylic acids is 1. The van der Waals surface area contributed by atoms with Crippen LogP contribution in [0.5, 0.6) is 5.75 Å². The molecule has 0 heterocycles. The average Bonchev–Trinajstić information content (AvgIpc) is 2.59. The first-order chi connectivity index (χ1) is 11.1. The van der Waals surface area contributed by atoms with Gasteiger partial charge in [0, 0.05) is 0 Å². The van der Waals surface area contributed by atoms with E-state index in [2.05, 4.69) is 23.1 Å². The van der Waals surface area contributed by atoms with E-state index < -0.39 is 0 Å². The second kappa shape index (κ2) is 8.73. The summed E-state index contributed by atoms with van der Waals surface area (Å²) >= 11 is 3.29. The van der Waals surface area contributed by atoms with E-state index in [1.54, 1.807) is 12.1 Å². The van der Waals surface area contributed by atoms with E-state index in [9.17, 15) is 9.90 Å². The summed E-state index contributed by atoms with van der Waals surface area (Å²) in [6, 6.07) is 14.6. The number of phenolic OH excluding ortho intramolecular Hbond substituents is 1. The van der Waals surface area contributed by atoms with Crippen LogP contribution in [0, 0.1) is 0 Å². The average molecular weight is 376 g/mol. The predicted octanol–water partition coefficient (Wildman–Crippen LogP) is 5.47. The van der Waals surface area contributed by atoms with Gasteiger partial charge in [-0.15, -0.1) is 0 Å². The van der Waals surface area contributed by atoms with Gasteiger partial charge < -0.3 is 5.11 Å². The lowest BCUT2D eigenvalue weighted by Gasteiger charge is -2.16. The molecule has 2 rings (SSSR count). The lowest BCUT2D eigenvalue weighted by molar-refractivity contribution is 0.101. The number of carbonyl (C=O) groups is 1. The Morgan fingerprint density at radius 2 is 1.83 bits per heavy atom. The van der Waals surface area contributed by atoms with Gasteiger partial charge in [0.25, 0.3) is 5.91 Å². The van der Waals surface area contributed by atoms with Crippen LogP contribution in [-0.4, -0.2) is 11.0 Å². The number of hydrogen-bond acceptors (Lipinski definition) is 2. The number of anilines is 1. The smallest absolute Gasteiger partial charge is 0.272 e. The molecule has 0 radical (unpaired) electrons. The fraction of sp³-hybridized carbons (Fsp3) is 0.316. The van der Waals surface area contributed by atoms with E-state index in [4.69, 9.17) is 0 Å². The van der Waals surface area contributed by atoms with Crippen LogP contribution < -0.4 is 3.93 Å². The number of halogens is 1. The fourth-order valence-corrected chi connectivity index (χ4v) is 2.88. The van der Waals surface area contributed by atoms with E-state index in [1.807, 2.05) is 36.4 Å². The fourth-order valence-electron chi connectivity index (χ4n) is 2.45. The number of unbranched alkanes of at least 4 members (excludes halogenated alkanes) is 3. The molecule has 0 aliphatic carbocycles. The molecule has 0 bridgehead atoms. The molecule has 0 spiro atoms. The highest BCUT2D eigenvalue weighted by molar-refractivity contribution is 9.10. The summed E-state index contributed by atoms with van der Waals surface area (Å²) in [6.45, 7) is 2.19. The van der Waals surface area contributed by atoms with E-state index in [0.29, 0.717) is 5.56 Å². The van der Waals surface area contributed by atoms with Gasteiger partial charge in [0.2, 0.25) is 0 Å². The summed E-state index contributed by atoms with van der Waals surface area (Å²) in [5.41, 5.74) is 2.13. The number of rotatable bonds is 7. The van der Waals surface area contributed by atoms with Gasteiger partial charge >= 0.3 is 0 Å². The summed E-state index contributed by atoms with van der Waals surface area (Å²) < 4.78 is 1.38. The van der Waals surface area contributed by atoms with Crippen molar-refractivity contribution in [1.82, 2.24) is 0 Å². The van der Waals surface area contributed by atoms with E-state index >= 15 is 0 Å². The Morgan fingerprint density at radius 3 is 2.52 bits per heavy atom. The Labute approximate surface area is 146 Å². The maximum atomic E-state index is 12.6. The monoisotopic (exact) mass is 375 g/mol. The molecule has 2 aromatic carbocycles. The zero-order chi connectivity index (χ0) is 16.7. The van der Waals surface area contributed by atoms with Crippen LogP contribution in [-0.2, 0) is 6.42 Å². The zero-order valence-electron chi connectivity index (χ0n) is 13.3. The number of hydrogen-bond donors (Lipinski definition) is 1. The molecule has 1 amide bonds. The molecule has 0 saturated carbocycles. The molecule has 122 valence electrons. The summed E-state index contributed by atoms with van der Waals surface area (Å²) in [5, 5.41) is 10.0. The van der Waals surface area contributed by atoms with Crippen molar-refractivity contribution < 1.29 is 9.90 Å². The Morgan fingerprint density at radius 1 is 1.09 bits per heavy atom. The third-order valence-corrected chi connectivity index (χ3v) is 4.50. The second-order valence-electron chi connectivity index (χ2n) is 5.58. The first-order valence-electron chi connectivity index (χ1n) is 8.00. The van der Waals surface area contributed by atoms with Crippen molar-refractivity contribution in [2.45, 2.75) is 39.0 Å². The SMILES string of the molecule is CCCCCCc1ccc(O)c(C(=O)N(Br)c2ccccc2)c1. The Hall–Kier alpha value is -1.81. The van der Waals surface area contributed by atoms with Crippen molar-refractivity contribution in [2.24, 2.45) is 0 Å². The van der Waals surface area contributed by atoms with Crippen molar-refractivity contribution in [2.75, 3.05) is 3.93 Å². The zero-order valence-corrected chi connectivity index (χ0v) is 14.9. The lowest BCUT2D eigenvalue weighted by atomic mass is 10.0. The van der Waals surface area contributed by atoms with Crippen LogP contribution in [0.1, 0.15) is 48.5 Å². The molecule has 4 heteroatoms. The predicted molar refractivity (Wildman–Crippen MR) is 98.1 cm³/mol. The number of amides is 1. The Kier molecular flexibility index (Phi) is 6.66. The number of aryl methyl sites for hydroxylation is 1. The molecule has 3 nitrogen and oxygen atoms in total. The van der Waals surface area contributed by atoms with E-state index in [0.717, 1.165) is 24.1 Å². The molecular formula is C19H22BrNO2. The quantitative estimate of drug-likeness (QED) is 0.514. The molecule has 0 aromatic heterocycles. The molecule has 0 unspecified atom stereocenters. The first-order valence-corrected chi connectivity index (χ1v) is 8.71. The standard InChI is InChI=1S/C19H22BrNO2/c1-2-3-4-6-9-15-12-13-18(22)17(14-15)19(23)21(20)16-10-7-5-8-11-16/h5,7-8,10-14,22H,2-4,6,9H2,1H3. The van der Waals surface area contributed by atoms with Gasteiger partial charge in [0.15, 0.2) is 0 Å². The summed E-state index contributed by atoms with van der Waals surface area (Å²) in [4.78, 5) is 12.6. The lowest BCUT2D eigenvalue weighted by Crippen LogP contribution is -2.20. The van der Waals surface area contributed by atoms with Crippen LogP contribution >= 0.6 is 16.1 Å². The van der Waals surface area contributed by atoms with E-state index in [-0.39, 0.29) is 11.7 Å². The minimum absolute atomic E-state index is 0.00712. The number of phenols is 1. The summed E-state index contributed by atoms with van der Waals surface area (Å²) in [6.07, 6.45) is 5.65. The van der Waals surface area contributed by atoms with E-state index in [1.165, 1.54) is 23.2 Å². The van der Waals surface area contributed by atoms with Crippen LogP contribution in [0.4, 0.5) is 5.69 Å². The third kappa shape index (κ3) is 4.83. The Bertz CT molecular complexity index is 643. The van der Waals surface area contributed by atoms with Gasteiger partial charge in [0.1, 0.15) is 5.75 Å². The van der Waals surface area contributed by atoms with Crippen molar-refractivity contribution in [3.8, 4) is 5.75 Å². The summed E-state index contributed by atoms with van der Waals surface area (Å²) in [7, 11) is 0. The topological polar surface area (TPSA) is 40.5 Å². The Balaban J connectivity index is 2.13. The molecule has 0 fully saturated rings. The number of para-hydroxylation sites is 1. The van der Waals surface area contributed by atoms with Gasteiger partial charge in [-0.3, -0.25) is 4.79 Å². The van der Waals surface area contributed by atoms with Crippen LogP contribution in [0.2, 0.25) is 0 Å². The molecule has 0 saturated heterocycles. The highest BCUT2D eigenvalue weighted by atomic mass is 79.9. The van der Waals surface area contributed by atoms with Gasteiger partial charge in [-0.05, 0) is 42.7 Å². The number of benzene rings is 2. The van der Waals surface area contributed by atoms with Crippen molar-refractivity contribution in [1.29, 1.82) is 0 Å². The van der Waals surface area contributed by atoms with Gasteiger partial charge in [0.05, 0.1) is 27.4 Å². The highest BCUT2D eigenvalue weighted by Crippen LogP contribution is 2.26. The molecule has 23 heavy (non-hydrogen) atoms. The van der Waals surface area contributed by atoms with Crippen LogP contribution in [0.15, 0.2) is 48.5 Å². The van der Waals surface area contributed by atoms with Gasteiger partial charge in [-0.2, -0.15) is 0 Å². The molecule has 1 N–H and O–H groups in total. The van der Waals surface area contributed by atoms with Gasteiger partial charge in [-0.25, -0.2) is 3.93 Å². The normalized spacial score (nSPS) is 10.5. The minimum atomic E-state index is -0.274. The minimum Gasteiger partial charge on any atom is -0.507 e. The summed E-state index contributed by atoms with van der Waals surface area (Å²) in [5.74, 6) is -0.267. The number of nitrogens with zero attached hydrogens (tertiary/aromatic N) is 1. The maximum absolute atomic E-state index is 12.6. The molecule has 2 aromatic rings. The van der Waals surface area contributed by atoms with Crippen molar-refractivity contribution in [3.05, 3.63) is 59.7 Å². The van der Waals surface area contributed by atoms with Crippen LogP contribution in [0.25, 0.3) is 0 Å². The molecule has 0 aliphatic rings. The second-order valence-corrected chi connectivity index (χ2v) is 6.29. The highest BCUT2D eigenvalue weighted by Gasteiger charge is 2.19. The largest absolute Gasteiger partial charge is 0.507 e. The number of aromatic hydroxyl groups is 1. The van der Waals surface area contributed by atoms with Crippen molar-refractivity contribution in [3.63, 3.8) is 0 Å². The third-order valence-electron chi connectivity index (χ3n) is 3.77. The molecular weight excluding hydrogens is 354 g/mol. The van der Waals surface area contributed by atoms with Crippen LogP contribution in [0.3, 0.4) is 0 Å². The maximum Gasteiger partial charge on any atom is 0.272 e. The first kappa shape index (κ1) is 17.5. The van der Waals surface area contributed by atoms with Gasteiger partial charge in [-0.1, -0.05) is 50.5 Å².